The van der Waals surface area contributed by atoms with Crippen molar-refractivity contribution in [3.8, 4) is 0 Å². The van der Waals surface area contributed by atoms with Gasteiger partial charge in [-0.25, -0.2) is 0 Å². The van der Waals surface area contributed by atoms with Crippen LogP contribution in [0.25, 0.3) is 0 Å². The number of rotatable bonds is 5. The SMILES string of the molecule is Cc1cc(C2C(c3ccccn3)NC(=S)N2Cc2ccco2)c(C)n1C1CCCC1. The van der Waals surface area contributed by atoms with Gasteiger partial charge in [-0.3, -0.25) is 4.98 Å². The molecule has 1 N–H and O–H groups in total. The summed E-state index contributed by atoms with van der Waals surface area (Å²) in [6, 6.07) is 13.1. The topological polar surface area (TPSA) is 46.2 Å². The van der Waals surface area contributed by atoms with Gasteiger partial charge < -0.3 is 19.2 Å². The zero-order chi connectivity index (χ0) is 20.7. The molecule has 0 amide bonds. The third-order valence-electron chi connectivity index (χ3n) is 6.64. The minimum Gasteiger partial charge on any atom is -0.467 e. The molecule has 5 rings (SSSR count). The molecule has 3 aromatic heterocycles. The molecule has 5 nitrogen and oxygen atoms in total. The first-order valence-electron chi connectivity index (χ1n) is 10.8. The number of hydrogen-bond donors (Lipinski definition) is 1. The minimum atomic E-state index is 0.00573. The van der Waals surface area contributed by atoms with Gasteiger partial charge in [0.1, 0.15) is 5.76 Å². The first kappa shape index (κ1) is 19.4. The lowest BCUT2D eigenvalue weighted by Crippen LogP contribution is -2.29. The Balaban J connectivity index is 1.58. The summed E-state index contributed by atoms with van der Waals surface area (Å²) in [5.41, 5.74) is 5.03. The Morgan fingerprint density at radius 1 is 1.17 bits per heavy atom. The fraction of sp³-hybridized carbons (Fsp3) is 0.417. The van der Waals surface area contributed by atoms with Gasteiger partial charge in [0.05, 0.1) is 30.6 Å². The van der Waals surface area contributed by atoms with E-state index in [1.54, 1.807) is 6.26 Å². The van der Waals surface area contributed by atoms with Crippen molar-refractivity contribution in [1.29, 1.82) is 0 Å². The van der Waals surface area contributed by atoms with E-state index in [9.17, 15) is 0 Å². The average Bonchev–Trinajstić information content (AvgIpc) is 3.53. The Morgan fingerprint density at radius 3 is 2.70 bits per heavy atom. The van der Waals surface area contributed by atoms with Gasteiger partial charge in [-0.15, -0.1) is 0 Å². The molecule has 1 aliphatic carbocycles. The lowest BCUT2D eigenvalue weighted by molar-refractivity contribution is 0.286. The van der Waals surface area contributed by atoms with E-state index in [-0.39, 0.29) is 12.1 Å². The smallest absolute Gasteiger partial charge is 0.170 e. The third kappa shape index (κ3) is 3.33. The number of nitrogens with one attached hydrogen (secondary N) is 1. The summed E-state index contributed by atoms with van der Waals surface area (Å²) in [6.45, 7) is 5.14. The highest BCUT2D eigenvalue weighted by Gasteiger charge is 2.42. The van der Waals surface area contributed by atoms with Crippen LogP contribution in [0.5, 0.6) is 0 Å². The molecule has 2 unspecified atom stereocenters. The minimum absolute atomic E-state index is 0.00573. The van der Waals surface area contributed by atoms with E-state index in [1.165, 1.54) is 42.6 Å². The van der Waals surface area contributed by atoms with E-state index >= 15 is 0 Å². The number of thiocarbonyl (C=S) groups is 1. The highest BCUT2D eigenvalue weighted by atomic mass is 32.1. The van der Waals surface area contributed by atoms with Gasteiger partial charge >= 0.3 is 0 Å². The predicted molar refractivity (Wildman–Crippen MR) is 121 cm³/mol. The summed E-state index contributed by atoms with van der Waals surface area (Å²) in [5, 5.41) is 4.30. The average molecular weight is 421 g/mol. The largest absolute Gasteiger partial charge is 0.467 e. The summed E-state index contributed by atoms with van der Waals surface area (Å²) in [7, 11) is 0. The molecule has 0 bridgehead atoms. The van der Waals surface area contributed by atoms with E-state index in [0.29, 0.717) is 12.6 Å². The van der Waals surface area contributed by atoms with E-state index in [2.05, 4.69) is 45.7 Å². The van der Waals surface area contributed by atoms with E-state index in [4.69, 9.17) is 16.6 Å². The van der Waals surface area contributed by atoms with Crippen molar-refractivity contribution in [3.05, 3.63) is 77.3 Å². The summed E-state index contributed by atoms with van der Waals surface area (Å²) in [6.07, 6.45) is 8.78. The number of pyridine rings is 1. The Morgan fingerprint density at radius 2 is 2.00 bits per heavy atom. The van der Waals surface area contributed by atoms with Crippen LogP contribution in [0.3, 0.4) is 0 Å². The van der Waals surface area contributed by atoms with Gasteiger partial charge in [0, 0.05) is 23.6 Å². The van der Waals surface area contributed by atoms with E-state index in [1.807, 2.05) is 30.5 Å². The molecule has 156 valence electrons. The van der Waals surface area contributed by atoms with Gasteiger partial charge in [0.2, 0.25) is 0 Å². The second kappa shape index (κ2) is 7.91. The molecule has 6 heteroatoms. The lowest BCUT2D eigenvalue weighted by atomic mass is 9.96. The first-order valence-corrected chi connectivity index (χ1v) is 11.2. The number of nitrogens with zero attached hydrogens (tertiary/aromatic N) is 3. The normalized spacial score (nSPS) is 22.1. The molecule has 1 saturated carbocycles. The van der Waals surface area contributed by atoms with Crippen molar-refractivity contribution in [2.45, 2.75) is 64.2 Å². The Kier molecular flexibility index (Phi) is 5.11. The third-order valence-corrected chi connectivity index (χ3v) is 6.99. The van der Waals surface area contributed by atoms with Crippen molar-refractivity contribution in [3.63, 3.8) is 0 Å². The van der Waals surface area contributed by atoms with Gasteiger partial charge in [-0.05, 0) is 74.8 Å². The second-order valence-corrected chi connectivity index (χ2v) is 8.86. The number of aryl methyl sites for hydroxylation is 1. The van der Waals surface area contributed by atoms with Crippen LogP contribution in [-0.2, 0) is 6.54 Å². The number of hydrogen-bond acceptors (Lipinski definition) is 3. The number of aromatic nitrogens is 2. The Bertz CT molecular complexity index is 1020. The van der Waals surface area contributed by atoms with Crippen molar-refractivity contribution in [2.75, 3.05) is 0 Å². The van der Waals surface area contributed by atoms with Gasteiger partial charge in [0.15, 0.2) is 5.11 Å². The molecule has 2 fully saturated rings. The van der Waals surface area contributed by atoms with Crippen molar-refractivity contribution >= 4 is 17.3 Å². The Labute approximate surface area is 183 Å². The van der Waals surface area contributed by atoms with Crippen LogP contribution in [0.1, 0.15) is 72.2 Å². The maximum Gasteiger partial charge on any atom is 0.170 e. The molecule has 1 aliphatic heterocycles. The van der Waals surface area contributed by atoms with Gasteiger partial charge in [0.25, 0.3) is 0 Å². The molecule has 2 aliphatic rings. The standard InChI is InChI=1S/C24H28N4OS/c1-16-14-20(17(2)28(16)18-8-3-4-9-18)23-22(21-11-5-6-12-25-21)26-24(30)27(23)15-19-10-7-13-29-19/h5-7,10-14,18,22-23H,3-4,8-9,15H2,1-2H3,(H,26,30). The first-order chi connectivity index (χ1) is 14.6. The molecule has 1 saturated heterocycles. The Hall–Kier alpha value is -2.60. The van der Waals surface area contributed by atoms with Crippen LogP contribution in [0.15, 0.2) is 53.3 Å². The zero-order valence-electron chi connectivity index (χ0n) is 17.5. The van der Waals surface area contributed by atoms with Crippen LogP contribution in [0.4, 0.5) is 0 Å². The van der Waals surface area contributed by atoms with Crippen LogP contribution in [-0.4, -0.2) is 19.6 Å². The molecule has 0 aromatic carbocycles. The molecule has 3 aromatic rings. The molecular formula is C24H28N4OS. The van der Waals surface area contributed by atoms with Crippen molar-refractivity contribution in [2.24, 2.45) is 0 Å². The molecule has 0 radical (unpaired) electrons. The van der Waals surface area contributed by atoms with Crippen LogP contribution >= 0.6 is 12.2 Å². The summed E-state index contributed by atoms with van der Waals surface area (Å²) in [5.74, 6) is 0.912. The van der Waals surface area contributed by atoms with Crippen molar-refractivity contribution < 1.29 is 4.42 Å². The fourth-order valence-corrected chi connectivity index (χ4v) is 5.62. The summed E-state index contributed by atoms with van der Waals surface area (Å²) in [4.78, 5) is 6.92. The quantitative estimate of drug-likeness (QED) is 0.562. The maximum atomic E-state index is 5.80. The van der Waals surface area contributed by atoms with Gasteiger partial charge in [-0.2, -0.15) is 0 Å². The molecule has 30 heavy (non-hydrogen) atoms. The van der Waals surface area contributed by atoms with E-state index in [0.717, 1.165) is 16.6 Å². The highest BCUT2D eigenvalue weighted by Crippen LogP contribution is 2.43. The molecule has 2 atom stereocenters. The molecule has 0 spiro atoms. The predicted octanol–water partition coefficient (Wildman–Crippen LogP) is 5.38. The maximum absolute atomic E-state index is 5.80. The highest BCUT2D eigenvalue weighted by molar-refractivity contribution is 7.80. The van der Waals surface area contributed by atoms with Crippen LogP contribution < -0.4 is 5.32 Å². The summed E-state index contributed by atoms with van der Waals surface area (Å²) < 4.78 is 8.22. The second-order valence-electron chi connectivity index (χ2n) is 8.47. The van der Waals surface area contributed by atoms with E-state index < -0.39 is 0 Å². The van der Waals surface area contributed by atoms with Crippen molar-refractivity contribution in [1.82, 2.24) is 19.8 Å². The van der Waals surface area contributed by atoms with Crippen LogP contribution in [0, 0.1) is 13.8 Å². The molecule has 4 heterocycles. The zero-order valence-corrected chi connectivity index (χ0v) is 18.4. The van der Waals surface area contributed by atoms with Crippen LogP contribution in [0.2, 0.25) is 0 Å². The molecular weight excluding hydrogens is 392 g/mol. The fourth-order valence-electron chi connectivity index (χ4n) is 5.31. The summed E-state index contributed by atoms with van der Waals surface area (Å²) >= 11 is 5.80. The number of furan rings is 1. The monoisotopic (exact) mass is 420 g/mol. The lowest BCUT2D eigenvalue weighted by Gasteiger charge is -2.28. The van der Waals surface area contributed by atoms with Gasteiger partial charge in [-0.1, -0.05) is 18.9 Å².